The number of aromatic nitrogens is 3. The standard InChI is InChI=1S/C26H28N4O2S/c1-16(2)30-25(32)24-23(21(14-29(24)5)19-9-7-6-8-10-19)28-26(30)33-15-22(31)27-20-12-11-17(3)18(4)13-20/h6-14,16H,15H2,1-5H3,(H,27,31). The summed E-state index contributed by atoms with van der Waals surface area (Å²) in [6.07, 6.45) is 1.94. The maximum atomic E-state index is 13.4. The van der Waals surface area contributed by atoms with Crippen molar-refractivity contribution in [1.29, 1.82) is 0 Å². The molecular weight excluding hydrogens is 432 g/mol. The van der Waals surface area contributed by atoms with Crippen LogP contribution in [0.5, 0.6) is 0 Å². The van der Waals surface area contributed by atoms with Crippen LogP contribution in [0.15, 0.2) is 64.7 Å². The van der Waals surface area contributed by atoms with Crippen molar-refractivity contribution in [2.45, 2.75) is 38.9 Å². The van der Waals surface area contributed by atoms with Crippen LogP contribution in [0.3, 0.4) is 0 Å². The van der Waals surface area contributed by atoms with Crippen LogP contribution in [-0.4, -0.2) is 25.8 Å². The minimum atomic E-state index is -0.135. The van der Waals surface area contributed by atoms with Crippen LogP contribution in [0.2, 0.25) is 0 Å². The number of aryl methyl sites for hydroxylation is 3. The zero-order valence-corrected chi connectivity index (χ0v) is 20.4. The summed E-state index contributed by atoms with van der Waals surface area (Å²) < 4.78 is 3.51. The van der Waals surface area contributed by atoms with Crippen LogP contribution in [-0.2, 0) is 11.8 Å². The molecule has 33 heavy (non-hydrogen) atoms. The lowest BCUT2D eigenvalue weighted by Gasteiger charge is -2.16. The molecule has 170 valence electrons. The van der Waals surface area contributed by atoms with Gasteiger partial charge in [-0.05, 0) is 56.5 Å². The van der Waals surface area contributed by atoms with Gasteiger partial charge in [0, 0.05) is 30.5 Å². The second-order valence-electron chi connectivity index (χ2n) is 8.52. The van der Waals surface area contributed by atoms with Crippen LogP contribution >= 0.6 is 11.8 Å². The van der Waals surface area contributed by atoms with E-state index < -0.39 is 0 Å². The minimum absolute atomic E-state index is 0.0882. The van der Waals surface area contributed by atoms with Crippen molar-refractivity contribution in [2.75, 3.05) is 11.1 Å². The first-order valence-corrected chi connectivity index (χ1v) is 11.9. The Kier molecular flexibility index (Phi) is 6.42. The number of nitrogens with zero attached hydrogens (tertiary/aromatic N) is 3. The molecule has 0 aliphatic carbocycles. The number of benzene rings is 2. The molecule has 0 aliphatic rings. The average Bonchev–Trinajstić information content (AvgIpc) is 3.11. The molecule has 0 radical (unpaired) electrons. The predicted octanol–water partition coefficient (Wildman–Crippen LogP) is 5.33. The third-order valence-electron chi connectivity index (χ3n) is 5.71. The Hall–Kier alpha value is -3.32. The van der Waals surface area contributed by atoms with Gasteiger partial charge in [-0.3, -0.25) is 14.2 Å². The quantitative estimate of drug-likeness (QED) is 0.312. The molecule has 0 fully saturated rings. The molecule has 0 bridgehead atoms. The summed E-state index contributed by atoms with van der Waals surface area (Å²) in [5.74, 6) is 0.0229. The smallest absolute Gasteiger partial charge is 0.278 e. The van der Waals surface area contributed by atoms with Crippen LogP contribution in [0.25, 0.3) is 22.2 Å². The van der Waals surface area contributed by atoms with E-state index in [2.05, 4.69) is 5.32 Å². The Morgan fingerprint density at radius 2 is 1.82 bits per heavy atom. The molecule has 0 unspecified atom stereocenters. The molecule has 0 spiro atoms. The van der Waals surface area contributed by atoms with E-state index in [0.29, 0.717) is 16.2 Å². The normalized spacial score (nSPS) is 11.3. The molecule has 0 saturated carbocycles. The van der Waals surface area contributed by atoms with E-state index in [4.69, 9.17) is 4.98 Å². The molecule has 4 rings (SSSR count). The molecule has 2 heterocycles. The number of carbonyl (C=O) groups excluding carboxylic acids is 1. The van der Waals surface area contributed by atoms with Crippen LogP contribution in [0.1, 0.15) is 31.0 Å². The number of fused-ring (bicyclic) bond motifs is 1. The molecule has 0 saturated heterocycles. The first-order valence-electron chi connectivity index (χ1n) is 10.9. The number of hydrogen-bond acceptors (Lipinski definition) is 4. The number of carbonyl (C=O) groups is 1. The number of anilines is 1. The topological polar surface area (TPSA) is 68.9 Å². The largest absolute Gasteiger partial charge is 0.344 e. The maximum Gasteiger partial charge on any atom is 0.278 e. The van der Waals surface area contributed by atoms with Gasteiger partial charge in [0.25, 0.3) is 5.56 Å². The molecule has 1 N–H and O–H groups in total. The molecule has 1 amide bonds. The van der Waals surface area contributed by atoms with E-state index in [-0.39, 0.29) is 23.3 Å². The van der Waals surface area contributed by atoms with Gasteiger partial charge in [-0.2, -0.15) is 0 Å². The molecule has 2 aromatic carbocycles. The monoisotopic (exact) mass is 460 g/mol. The first-order chi connectivity index (χ1) is 15.8. The molecule has 0 atom stereocenters. The number of thioether (sulfide) groups is 1. The van der Waals surface area contributed by atoms with Gasteiger partial charge in [0.2, 0.25) is 5.91 Å². The Morgan fingerprint density at radius 1 is 1.09 bits per heavy atom. The number of nitrogens with one attached hydrogen (secondary N) is 1. The van der Waals surface area contributed by atoms with Crippen molar-refractivity contribution in [2.24, 2.45) is 7.05 Å². The Morgan fingerprint density at radius 3 is 2.48 bits per heavy atom. The lowest BCUT2D eigenvalue weighted by molar-refractivity contribution is -0.113. The van der Waals surface area contributed by atoms with Crippen molar-refractivity contribution in [1.82, 2.24) is 14.1 Å². The van der Waals surface area contributed by atoms with Crippen LogP contribution in [0, 0.1) is 13.8 Å². The summed E-state index contributed by atoms with van der Waals surface area (Å²) in [6, 6.07) is 15.7. The zero-order chi connectivity index (χ0) is 23.7. The average molecular weight is 461 g/mol. The number of hydrogen-bond donors (Lipinski definition) is 1. The van der Waals surface area contributed by atoms with Gasteiger partial charge in [0.15, 0.2) is 5.16 Å². The highest BCUT2D eigenvalue weighted by Gasteiger charge is 2.20. The molecule has 4 aromatic rings. The van der Waals surface area contributed by atoms with Crippen molar-refractivity contribution in [3.05, 3.63) is 76.2 Å². The fourth-order valence-corrected chi connectivity index (χ4v) is 4.78. The Labute approximate surface area is 197 Å². The van der Waals surface area contributed by atoms with Crippen LogP contribution < -0.4 is 10.9 Å². The highest BCUT2D eigenvalue weighted by atomic mass is 32.2. The van der Waals surface area contributed by atoms with E-state index in [0.717, 1.165) is 22.4 Å². The number of rotatable bonds is 6. The van der Waals surface area contributed by atoms with Gasteiger partial charge >= 0.3 is 0 Å². The number of amides is 1. The summed E-state index contributed by atoms with van der Waals surface area (Å²) in [7, 11) is 1.87. The lowest BCUT2D eigenvalue weighted by Crippen LogP contribution is -2.26. The van der Waals surface area contributed by atoms with Crippen molar-refractivity contribution < 1.29 is 4.79 Å². The molecule has 7 heteroatoms. The second-order valence-corrected chi connectivity index (χ2v) is 9.46. The van der Waals surface area contributed by atoms with E-state index in [1.165, 1.54) is 17.3 Å². The fourth-order valence-electron chi connectivity index (χ4n) is 3.86. The highest BCUT2D eigenvalue weighted by molar-refractivity contribution is 7.99. The van der Waals surface area contributed by atoms with E-state index in [1.54, 1.807) is 4.57 Å². The zero-order valence-electron chi connectivity index (χ0n) is 19.5. The second kappa shape index (κ2) is 9.27. The van der Waals surface area contributed by atoms with Gasteiger partial charge < -0.3 is 9.88 Å². The molecule has 6 nitrogen and oxygen atoms in total. The Bertz CT molecular complexity index is 1390. The van der Waals surface area contributed by atoms with Crippen molar-refractivity contribution in [3.63, 3.8) is 0 Å². The van der Waals surface area contributed by atoms with Gasteiger partial charge in [-0.1, -0.05) is 48.2 Å². The molecule has 2 aromatic heterocycles. The molecule has 0 aliphatic heterocycles. The third-order valence-corrected chi connectivity index (χ3v) is 6.67. The predicted molar refractivity (Wildman–Crippen MR) is 136 cm³/mol. The van der Waals surface area contributed by atoms with E-state index in [1.807, 2.05) is 94.0 Å². The highest BCUT2D eigenvalue weighted by Crippen LogP contribution is 2.30. The van der Waals surface area contributed by atoms with Gasteiger partial charge in [0.05, 0.1) is 5.75 Å². The van der Waals surface area contributed by atoms with Gasteiger partial charge in [-0.25, -0.2) is 4.98 Å². The summed E-state index contributed by atoms with van der Waals surface area (Å²) >= 11 is 1.28. The van der Waals surface area contributed by atoms with E-state index >= 15 is 0 Å². The van der Waals surface area contributed by atoms with Crippen LogP contribution in [0.4, 0.5) is 5.69 Å². The van der Waals surface area contributed by atoms with Crippen molar-refractivity contribution >= 4 is 34.4 Å². The molecular formula is C26H28N4O2S. The lowest BCUT2D eigenvalue weighted by atomic mass is 10.1. The summed E-state index contributed by atoms with van der Waals surface area (Å²) in [4.78, 5) is 31.0. The fraction of sp³-hybridized carbons (Fsp3) is 0.269. The minimum Gasteiger partial charge on any atom is -0.344 e. The summed E-state index contributed by atoms with van der Waals surface area (Å²) in [5, 5.41) is 3.49. The SMILES string of the molecule is Cc1ccc(NC(=O)CSc2nc3c(-c4ccccc4)cn(C)c3c(=O)n2C(C)C)cc1C. The maximum absolute atomic E-state index is 13.4. The van der Waals surface area contributed by atoms with E-state index in [9.17, 15) is 9.59 Å². The van der Waals surface area contributed by atoms with Gasteiger partial charge in [0.1, 0.15) is 11.0 Å². The first kappa shape index (κ1) is 22.9. The Balaban J connectivity index is 1.68. The van der Waals surface area contributed by atoms with Crippen molar-refractivity contribution in [3.8, 4) is 11.1 Å². The van der Waals surface area contributed by atoms with Gasteiger partial charge in [-0.15, -0.1) is 0 Å². The summed E-state index contributed by atoms with van der Waals surface area (Å²) in [5.41, 5.74) is 6.09. The summed E-state index contributed by atoms with van der Waals surface area (Å²) in [6.45, 7) is 7.96. The third kappa shape index (κ3) is 4.59.